The summed E-state index contributed by atoms with van der Waals surface area (Å²) >= 11 is 0. The van der Waals surface area contributed by atoms with Crippen molar-refractivity contribution in [3.8, 4) is 5.69 Å². The number of carboxylic acids is 1. The number of aliphatic carboxylic acids is 1. The van der Waals surface area contributed by atoms with Crippen LogP contribution in [0.15, 0.2) is 73.1 Å². The number of ether oxygens (including phenoxy) is 1. The Hall–Kier alpha value is -3.61. The predicted molar refractivity (Wildman–Crippen MR) is 103 cm³/mol. The van der Waals surface area contributed by atoms with Gasteiger partial charge in [-0.3, -0.25) is 4.90 Å². The van der Waals surface area contributed by atoms with E-state index < -0.39 is 18.1 Å². The molecule has 0 aliphatic heterocycles. The molecule has 2 aromatic carbocycles. The van der Waals surface area contributed by atoms with Gasteiger partial charge in [0.25, 0.3) is 0 Å². The van der Waals surface area contributed by atoms with Crippen LogP contribution in [0.4, 0.5) is 4.79 Å². The van der Waals surface area contributed by atoms with Crippen LogP contribution in [0.3, 0.4) is 0 Å². The molecule has 0 aliphatic carbocycles. The Bertz CT molecular complexity index is 925. The van der Waals surface area contributed by atoms with Crippen molar-refractivity contribution in [3.05, 3.63) is 84.2 Å². The van der Waals surface area contributed by atoms with Crippen LogP contribution in [0.2, 0.25) is 0 Å². The van der Waals surface area contributed by atoms with Crippen molar-refractivity contribution in [2.75, 3.05) is 6.54 Å². The fourth-order valence-corrected chi connectivity index (χ4v) is 2.88. The lowest BCUT2D eigenvalue weighted by molar-refractivity contribution is -0.143. The van der Waals surface area contributed by atoms with Crippen molar-refractivity contribution < 1.29 is 19.4 Å². The first kappa shape index (κ1) is 19.2. The highest BCUT2D eigenvalue weighted by atomic mass is 16.6. The van der Waals surface area contributed by atoms with E-state index in [9.17, 15) is 14.7 Å². The zero-order valence-corrected chi connectivity index (χ0v) is 15.4. The first-order chi connectivity index (χ1) is 13.6. The summed E-state index contributed by atoms with van der Waals surface area (Å²) in [6.45, 7) is 1.97. The van der Waals surface area contributed by atoms with Crippen molar-refractivity contribution in [2.45, 2.75) is 19.6 Å². The van der Waals surface area contributed by atoms with Gasteiger partial charge in [-0.25, -0.2) is 14.3 Å². The second-order valence-corrected chi connectivity index (χ2v) is 6.12. The lowest BCUT2D eigenvalue weighted by Gasteiger charge is -2.26. The van der Waals surface area contributed by atoms with Gasteiger partial charge in [0, 0.05) is 18.3 Å². The number of likely N-dealkylation sites (N-methyl/N-ethyl adjacent to an activating group) is 1. The third kappa shape index (κ3) is 4.37. The number of carboxylic acid groups (broad SMARTS) is 1. The Morgan fingerprint density at radius 3 is 2.36 bits per heavy atom. The van der Waals surface area contributed by atoms with Crippen LogP contribution < -0.4 is 0 Å². The van der Waals surface area contributed by atoms with Crippen LogP contribution in [0.5, 0.6) is 0 Å². The average Bonchev–Trinajstić information content (AvgIpc) is 3.20. The second-order valence-electron chi connectivity index (χ2n) is 6.12. The minimum atomic E-state index is -1.19. The van der Waals surface area contributed by atoms with Gasteiger partial charge < -0.3 is 9.84 Å². The van der Waals surface area contributed by atoms with Crippen molar-refractivity contribution in [1.82, 2.24) is 14.7 Å². The molecular weight excluding hydrogens is 358 g/mol. The van der Waals surface area contributed by atoms with Gasteiger partial charge >= 0.3 is 12.1 Å². The summed E-state index contributed by atoms with van der Waals surface area (Å²) in [5.74, 6) is -1.15. The van der Waals surface area contributed by atoms with Gasteiger partial charge in [0.15, 0.2) is 6.04 Å². The van der Waals surface area contributed by atoms with E-state index in [2.05, 4.69) is 5.10 Å². The van der Waals surface area contributed by atoms with Crippen LogP contribution in [0.25, 0.3) is 5.69 Å². The van der Waals surface area contributed by atoms with Crippen molar-refractivity contribution in [2.24, 2.45) is 0 Å². The van der Waals surface area contributed by atoms with Gasteiger partial charge in [-0.2, -0.15) is 5.10 Å². The Morgan fingerprint density at radius 2 is 1.75 bits per heavy atom. The molecule has 1 heterocycles. The Balaban J connectivity index is 1.78. The molecule has 3 aromatic rings. The van der Waals surface area contributed by atoms with E-state index in [0.29, 0.717) is 5.56 Å². The Labute approximate surface area is 162 Å². The zero-order chi connectivity index (χ0) is 19.9. The summed E-state index contributed by atoms with van der Waals surface area (Å²) < 4.78 is 6.90. The molecule has 1 atom stereocenters. The van der Waals surface area contributed by atoms with Gasteiger partial charge in [0.05, 0.1) is 11.9 Å². The monoisotopic (exact) mass is 379 g/mol. The van der Waals surface area contributed by atoms with Gasteiger partial charge in [-0.1, -0.05) is 48.5 Å². The molecule has 0 saturated heterocycles. The number of para-hydroxylation sites is 1. The quantitative estimate of drug-likeness (QED) is 0.677. The number of carbonyl (C=O) groups is 2. The molecule has 3 rings (SSSR count). The lowest BCUT2D eigenvalue weighted by Crippen LogP contribution is -2.39. The molecule has 1 amide bonds. The van der Waals surface area contributed by atoms with E-state index in [-0.39, 0.29) is 13.2 Å². The topological polar surface area (TPSA) is 84.7 Å². The highest BCUT2D eigenvalue weighted by Crippen LogP contribution is 2.23. The molecule has 0 saturated carbocycles. The van der Waals surface area contributed by atoms with E-state index in [0.717, 1.165) is 11.3 Å². The van der Waals surface area contributed by atoms with Crippen LogP contribution in [-0.4, -0.2) is 38.4 Å². The maximum absolute atomic E-state index is 12.6. The van der Waals surface area contributed by atoms with Crippen LogP contribution in [0.1, 0.15) is 24.1 Å². The molecule has 7 heteroatoms. The average molecular weight is 379 g/mol. The molecular formula is C21H21N3O4. The molecule has 0 fully saturated rings. The first-order valence-corrected chi connectivity index (χ1v) is 8.90. The summed E-state index contributed by atoms with van der Waals surface area (Å²) in [4.78, 5) is 25.7. The van der Waals surface area contributed by atoms with E-state index in [1.165, 1.54) is 11.1 Å². The van der Waals surface area contributed by atoms with Crippen LogP contribution in [-0.2, 0) is 16.1 Å². The van der Waals surface area contributed by atoms with Gasteiger partial charge in [-0.05, 0) is 24.6 Å². The third-order valence-electron chi connectivity index (χ3n) is 4.26. The molecule has 0 bridgehead atoms. The van der Waals surface area contributed by atoms with E-state index >= 15 is 0 Å². The number of benzene rings is 2. The Morgan fingerprint density at radius 1 is 1.11 bits per heavy atom. The van der Waals surface area contributed by atoms with E-state index in [1.54, 1.807) is 17.8 Å². The first-order valence-electron chi connectivity index (χ1n) is 8.90. The minimum Gasteiger partial charge on any atom is -0.479 e. The van der Waals surface area contributed by atoms with E-state index in [4.69, 9.17) is 4.74 Å². The largest absolute Gasteiger partial charge is 0.479 e. The molecule has 1 unspecified atom stereocenters. The molecule has 1 N–H and O–H groups in total. The molecule has 0 spiro atoms. The normalized spacial score (nSPS) is 11.6. The summed E-state index contributed by atoms with van der Waals surface area (Å²) in [6.07, 6.45) is 2.38. The third-order valence-corrected chi connectivity index (χ3v) is 4.26. The summed E-state index contributed by atoms with van der Waals surface area (Å²) in [7, 11) is 0. The number of hydrogen-bond donors (Lipinski definition) is 1. The highest BCUT2D eigenvalue weighted by molar-refractivity contribution is 5.81. The molecule has 7 nitrogen and oxygen atoms in total. The number of amides is 1. The molecule has 0 radical (unpaired) electrons. The van der Waals surface area contributed by atoms with E-state index in [1.807, 2.05) is 60.7 Å². The summed E-state index contributed by atoms with van der Waals surface area (Å²) in [5, 5.41) is 14.0. The predicted octanol–water partition coefficient (Wildman–Crippen LogP) is 3.66. The standard InChI is InChI=1S/C21H21N3O4/c1-2-23(21(27)28-15-16-9-5-3-6-10-16)19(20(25)26)17-13-22-24(14-17)18-11-7-4-8-12-18/h3-14,19H,2,15H2,1H3,(H,25,26). The van der Waals surface area contributed by atoms with Crippen LogP contribution >= 0.6 is 0 Å². The van der Waals surface area contributed by atoms with Crippen molar-refractivity contribution in [1.29, 1.82) is 0 Å². The zero-order valence-electron chi connectivity index (χ0n) is 15.4. The second kappa shape index (κ2) is 8.85. The number of aromatic nitrogens is 2. The fraction of sp³-hybridized carbons (Fsp3) is 0.190. The number of rotatable bonds is 7. The molecule has 1 aromatic heterocycles. The Kier molecular flexibility index (Phi) is 6.06. The molecule has 0 aliphatic rings. The van der Waals surface area contributed by atoms with Crippen molar-refractivity contribution >= 4 is 12.1 Å². The van der Waals surface area contributed by atoms with Crippen LogP contribution in [0, 0.1) is 0 Å². The lowest BCUT2D eigenvalue weighted by atomic mass is 10.1. The maximum Gasteiger partial charge on any atom is 0.411 e. The smallest absolute Gasteiger partial charge is 0.411 e. The number of carbonyl (C=O) groups excluding carboxylic acids is 1. The van der Waals surface area contributed by atoms with Gasteiger partial charge in [-0.15, -0.1) is 0 Å². The maximum atomic E-state index is 12.6. The number of hydrogen-bond acceptors (Lipinski definition) is 4. The highest BCUT2D eigenvalue weighted by Gasteiger charge is 2.32. The van der Waals surface area contributed by atoms with Gasteiger partial charge in [0.1, 0.15) is 6.61 Å². The molecule has 144 valence electrons. The summed E-state index contributed by atoms with van der Waals surface area (Å²) in [6, 6.07) is 17.4. The number of nitrogens with zero attached hydrogens (tertiary/aromatic N) is 3. The van der Waals surface area contributed by atoms with Crippen molar-refractivity contribution in [3.63, 3.8) is 0 Å². The minimum absolute atomic E-state index is 0.0752. The fourth-order valence-electron chi connectivity index (χ4n) is 2.88. The SMILES string of the molecule is CCN(C(=O)OCc1ccccc1)C(C(=O)O)c1cnn(-c2ccccc2)c1. The summed E-state index contributed by atoms with van der Waals surface area (Å²) in [5.41, 5.74) is 2.03. The molecule has 28 heavy (non-hydrogen) atoms. The van der Waals surface area contributed by atoms with Gasteiger partial charge in [0.2, 0.25) is 0 Å².